The Bertz CT molecular complexity index is 384. The molecule has 0 aromatic heterocycles. The van der Waals surface area contributed by atoms with Crippen molar-refractivity contribution in [3.8, 4) is 5.75 Å². The van der Waals surface area contributed by atoms with E-state index in [1.807, 2.05) is 24.3 Å². The first kappa shape index (κ1) is 13.2. The van der Waals surface area contributed by atoms with Gasteiger partial charge in [-0.1, -0.05) is 19.1 Å². The molecule has 0 fully saturated rings. The van der Waals surface area contributed by atoms with Crippen LogP contribution in [0.2, 0.25) is 0 Å². The second kappa shape index (κ2) is 6.68. The number of methoxy groups -OCH3 is 1. The number of amides is 1. The van der Waals surface area contributed by atoms with E-state index in [4.69, 9.17) is 4.74 Å². The maximum atomic E-state index is 11.4. The van der Waals surface area contributed by atoms with Gasteiger partial charge in [-0.2, -0.15) is 0 Å². The van der Waals surface area contributed by atoms with Crippen molar-refractivity contribution in [2.45, 2.75) is 26.3 Å². The molecule has 0 heterocycles. The van der Waals surface area contributed by atoms with E-state index in [1.165, 1.54) is 0 Å². The lowest BCUT2D eigenvalue weighted by atomic mass is 10.2. The average molecular weight is 235 g/mol. The number of Topliss-reactive ketones (excluding diaryl/α,β-unsaturated/α-hetero) is 1. The number of hydrogen-bond acceptors (Lipinski definition) is 3. The summed E-state index contributed by atoms with van der Waals surface area (Å²) in [5, 5.41) is 2.70. The molecule has 0 spiro atoms. The highest BCUT2D eigenvalue weighted by molar-refractivity contribution is 5.97. The lowest BCUT2D eigenvalue weighted by molar-refractivity contribution is -0.128. The standard InChI is InChI=1S/C13H17NO3/c1-3-11(15)8-13(16)14-9-10-4-6-12(17-2)7-5-10/h4-7H,3,8-9H2,1-2H3,(H,14,16). The minimum atomic E-state index is -0.229. The average Bonchev–Trinajstić information content (AvgIpc) is 2.36. The minimum absolute atomic E-state index is 0.0351. The molecule has 0 atom stereocenters. The largest absolute Gasteiger partial charge is 0.497 e. The van der Waals surface area contributed by atoms with Gasteiger partial charge in [0.05, 0.1) is 13.5 Å². The molecule has 1 aromatic carbocycles. The number of rotatable bonds is 6. The van der Waals surface area contributed by atoms with Crippen molar-refractivity contribution in [3.05, 3.63) is 29.8 Å². The Labute approximate surface area is 101 Å². The van der Waals surface area contributed by atoms with Crippen LogP contribution >= 0.6 is 0 Å². The Balaban J connectivity index is 2.39. The first-order chi connectivity index (χ1) is 8.15. The minimum Gasteiger partial charge on any atom is -0.497 e. The molecule has 0 saturated heterocycles. The van der Waals surface area contributed by atoms with Crippen molar-refractivity contribution in [2.75, 3.05) is 7.11 Å². The molecule has 0 aliphatic carbocycles. The van der Waals surface area contributed by atoms with Crippen LogP contribution in [0.3, 0.4) is 0 Å². The fraction of sp³-hybridized carbons (Fsp3) is 0.385. The van der Waals surface area contributed by atoms with Gasteiger partial charge in [0.1, 0.15) is 11.5 Å². The Kier molecular flexibility index (Phi) is 5.20. The predicted molar refractivity (Wildman–Crippen MR) is 64.8 cm³/mol. The molecule has 1 N–H and O–H groups in total. The van der Waals surface area contributed by atoms with E-state index in [-0.39, 0.29) is 18.1 Å². The smallest absolute Gasteiger partial charge is 0.227 e. The highest BCUT2D eigenvalue weighted by atomic mass is 16.5. The number of carbonyl (C=O) groups excluding carboxylic acids is 2. The predicted octanol–water partition coefficient (Wildman–Crippen LogP) is 1.68. The number of carbonyl (C=O) groups is 2. The molecule has 0 unspecified atom stereocenters. The van der Waals surface area contributed by atoms with E-state index < -0.39 is 0 Å². The number of benzene rings is 1. The van der Waals surface area contributed by atoms with E-state index in [0.717, 1.165) is 11.3 Å². The highest BCUT2D eigenvalue weighted by Gasteiger charge is 2.06. The van der Waals surface area contributed by atoms with Gasteiger partial charge in [-0.3, -0.25) is 9.59 Å². The van der Waals surface area contributed by atoms with E-state index in [1.54, 1.807) is 14.0 Å². The third kappa shape index (κ3) is 4.68. The lowest BCUT2D eigenvalue weighted by Gasteiger charge is -2.05. The van der Waals surface area contributed by atoms with Crippen LogP contribution in [-0.4, -0.2) is 18.8 Å². The molecule has 0 saturated carbocycles. The van der Waals surface area contributed by atoms with Crippen LogP contribution in [0.1, 0.15) is 25.3 Å². The van der Waals surface area contributed by atoms with Gasteiger partial charge >= 0.3 is 0 Å². The Hall–Kier alpha value is -1.84. The van der Waals surface area contributed by atoms with Gasteiger partial charge in [-0.15, -0.1) is 0 Å². The molecule has 4 heteroatoms. The summed E-state index contributed by atoms with van der Waals surface area (Å²) in [5.74, 6) is 0.506. The van der Waals surface area contributed by atoms with E-state index in [0.29, 0.717) is 13.0 Å². The quantitative estimate of drug-likeness (QED) is 0.763. The van der Waals surface area contributed by atoms with Crippen LogP contribution in [0.5, 0.6) is 5.75 Å². The van der Waals surface area contributed by atoms with Crippen LogP contribution < -0.4 is 10.1 Å². The maximum Gasteiger partial charge on any atom is 0.227 e. The lowest BCUT2D eigenvalue weighted by Crippen LogP contribution is -2.24. The van der Waals surface area contributed by atoms with Gasteiger partial charge in [0, 0.05) is 13.0 Å². The molecule has 92 valence electrons. The summed E-state index contributed by atoms with van der Waals surface area (Å²) in [7, 11) is 1.60. The van der Waals surface area contributed by atoms with Crippen molar-refractivity contribution >= 4 is 11.7 Å². The summed E-state index contributed by atoms with van der Waals surface area (Å²) in [6, 6.07) is 7.42. The van der Waals surface area contributed by atoms with Crippen molar-refractivity contribution in [3.63, 3.8) is 0 Å². The third-order valence-corrected chi connectivity index (χ3v) is 2.40. The van der Waals surface area contributed by atoms with Crippen molar-refractivity contribution < 1.29 is 14.3 Å². The molecule has 1 amide bonds. The zero-order valence-corrected chi connectivity index (χ0v) is 10.2. The fourth-order valence-electron chi connectivity index (χ4n) is 1.31. The first-order valence-electron chi connectivity index (χ1n) is 5.57. The SMILES string of the molecule is CCC(=O)CC(=O)NCc1ccc(OC)cc1. The van der Waals surface area contributed by atoms with Gasteiger partial charge < -0.3 is 10.1 Å². The Morgan fingerprint density at radius 2 is 1.88 bits per heavy atom. The maximum absolute atomic E-state index is 11.4. The number of ketones is 1. The normalized spacial score (nSPS) is 9.76. The van der Waals surface area contributed by atoms with Gasteiger partial charge in [-0.25, -0.2) is 0 Å². The van der Waals surface area contributed by atoms with Crippen LogP contribution in [0.4, 0.5) is 0 Å². The molecule has 0 bridgehead atoms. The van der Waals surface area contributed by atoms with Crippen LogP contribution in [0.15, 0.2) is 24.3 Å². The molecule has 4 nitrogen and oxygen atoms in total. The zero-order valence-electron chi connectivity index (χ0n) is 10.2. The van der Waals surface area contributed by atoms with Gasteiger partial charge in [0.15, 0.2) is 0 Å². The molecule has 1 rings (SSSR count). The van der Waals surface area contributed by atoms with Crippen molar-refractivity contribution in [2.24, 2.45) is 0 Å². The second-order valence-electron chi connectivity index (χ2n) is 3.69. The van der Waals surface area contributed by atoms with Gasteiger partial charge in [0.25, 0.3) is 0 Å². The molecule has 17 heavy (non-hydrogen) atoms. The highest BCUT2D eigenvalue weighted by Crippen LogP contribution is 2.10. The number of nitrogens with one attached hydrogen (secondary N) is 1. The first-order valence-corrected chi connectivity index (χ1v) is 5.57. The Morgan fingerprint density at radius 1 is 1.24 bits per heavy atom. The Morgan fingerprint density at radius 3 is 2.41 bits per heavy atom. The summed E-state index contributed by atoms with van der Waals surface area (Å²) in [6.45, 7) is 2.18. The molecule has 0 radical (unpaired) electrons. The summed E-state index contributed by atoms with van der Waals surface area (Å²) in [5.41, 5.74) is 0.975. The molecule has 1 aromatic rings. The monoisotopic (exact) mass is 235 g/mol. The van der Waals surface area contributed by atoms with Crippen molar-refractivity contribution in [1.29, 1.82) is 0 Å². The topological polar surface area (TPSA) is 55.4 Å². The third-order valence-electron chi connectivity index (χ3n) is 2.40. The molecule has 0 aliphatic heterocycles. The number of hydrogen-bond donors (Lipinski definition) is 1. The van der Waals surface area contributed by atoms with E-state index in [2.05, 4.69) is 5.32 Å². The number of ether oxygens (including phenoxy) is 1. The summed E-state index contributed by atoms with van der Waals surface area (Å²) >= 11 is 0. The molecule has 0 aliphatic rings. The van der Waals surface area contributed by atoms with Crippen LogP contribution in [0.25, 0.3) is 0 Å². The van der Waals surface area contributed by atoms with E-state index in [9.17, 15) is 9.59 Å². The zero-order chi connectivity index (χ0) is 12.7. The summed E-state index contributed by atoms with van der Waals surface area (Å²) in [6.07, 6.45) is 0.364. The van der Waals surface area contributed by atoms with E-state index >= 15 is 0 Å². The van der Waals surface area contributed by atoms with Gasteiger partial charge in [-0.05, 0) is 17.7 Å². The summed E-state index contributed by atoms with van der Waals surface area (Å²) in [4.78, 5) is 22.4. The fourth-order valence-corrected chi connectivity index (χ4v) is 1.31. The molecular formula is C13H17NO3. The van der Waals surface area contributed by atoms with Gasteiger partial charge in [0.2, 0.25) is 5.91 Å². The van der Waals surface area contributed by atoms with Crippen LogP contribution in [0, 0.1) is 0 Å². The second-order valence-corrected chi connectivity index (χ2v) is 3.69. The van der Waals surface area contributed by atoms with Crippen molar-refractivity contribution in [1.82, 2.24) is 5.32 Å². The molecular weight excluding hydrogens is 218 g/mol. The summed E-state index contributed by atoms with van der Waals surface area (Å²) < 4.78 is 5.03. The van der Waals surface area contributed by atoms with Crippen LogP contribution in [-0.2, 0) is 16.1 Å².